The van der Waals surface area contributed by atoms with Gasteiger partial charge in [-0.05, 0) is 29.8 Å². The summed E-state index contributed by atoms with van der Waals surface area (Å²) in [6.45, 7) is -1.35. The lowest BCUT2D eigenvalue weighted by Crippen LogP contribution is -2.20. The largest absolute Gasteiger partial charge is 0.476 e. The van der Waals surface area contributed by atoms with Gasteiger partial charge in [-0.1, -0.05) is 28.1 Å². The highest BCUT2D eigenvalue weighted by Gasteiger charge is 2.39. The Morgan fingerprint density at radius 1 is 0.868 bits per heavy atom. The number of carbonyl (C=O) groups excluding carboxylic acids is 1. The number of rotatable bonds is 5. The van der Waals surface area contributed by atoms with E-state index in [0.29, 0.717) is 4.47 Å². The van der Waals surface area contributed by atoms with Crippen molar-refractivity contribution in [1.82, 2.24) is 0 Å². The Morgan fingerprint density at radius 3 is 2.03 bits per heavy atom. The number of carbonyl (C=O) groups is 1. The number of halogens is 9. The number of alkyl halides is 3. The van der Waals surface area contributed by atoms with E-state index >= 15 is 0 Å². The van der Waals surface area contributed by atoms with E-state index in [1.54, 1.807) is 0 Å². The first-order chi connectivity index (χ1) is 17.8. The average molecular weight is 609 g/mol. The van der Waals surface area contributed by atoms with Crippen LogP contribution in [0.2, 0.25) is 0 Å². The zero-order valence-corrected chi connectivity index (χ0v) is 19.8. The van der Waals surface area contributed by atoms with Gasteiger partial charge in [0.1, 0.15) is 11.3 Å². The lowest BCUT2D eigenvalue weighted by atomic mass is 10.0. The molecule has 1 aromatic heterocycles. The van der Waals surface area contributed by atoms with Gasteiger partial charge in [0.2, 0.25) is 40.3 Å². The SMILES string of the molecule is O=C(COc1c(F)c(F)c(F)c(F)c1F)Oc1ccc2c(=O)c(-c3ccc(Br)cc3)c(C(F)(F)F)oc2c1. The predicted molar refractivity (Wildman–Crippen MR) is 118 cm³/mol. The molecule has 38 heavy (non-hydrogen) atoms. The molecule has 198 valence electrons. The molecule has 0 amide bonds. The van der Waals surface area contributed by atoms with Crippen LogP contribution < -0.4 is 14.9 Å². The van der Waals surface area contributed by atoms with Gasteiger partial charge < -0.3 is 13.9 Å². The molecule has 1 heterocycles. The molecule has 0 aliphatic rings. The van der Waals surface area contributed by atoms with Gasteiger partial charge in [0.05, 0.1) is 10.9 Å². The van der Waals surface area contributed by atoms with E-state index in [9.17, 15) is 44.7 Å². The summed E-state index contributed by atoms with van der Waals surface area (Å²) in [5.74, 6) is -17.0. The Bertz CT molecular complexity index is 1600. The molecule has 0 atom stereocenters. The summed E-state index contributed by atoms with van der Waals surface area (Å²) in [6, 6.07) is 8.20. The molecule has 0 bridgehead atoms. The van der Waals surface area contributed by atoms with Crippen LogP contribution in [0.5, 0.6) is 11.5 Å². The molecule has 0 saturated heterocycles. The third kappa shape index (κ3) is 5.08. The van der Waals surface area contributed by atoms with E-state index in [1.165, 1.54) is 24.3 Å². The molecule has 5 nitrogen and oxygen atoms in total. The van der Waals surface area contributed by atoms with Gasteiger partial charge >= 0.3 is 12.1 Å². The quantitative estimate of drug-likeness (QED) is 0.0809. The maximum absolute atomic E-state index is 13.8. The number of benzene rings is 3. The second-order valence-corrected chi connectivity index (χ2v) is 8.38. The highest BCUT2D eigenvalue weighted by Crippen LogP contribution is 2.38. The maximum atomic E-state index is 13.8. The minimum atomic E-state index is -5.09. The first-order valence-corrected chi connectivity index (χ1v) is 10.9. The number of esters is 1. The lowest BCUT2D eigenvalue weighted by molar-refractivity contribution is -0.152. The van der Waals surface area contributed by atoms with Gasteiger partial charge in [0.15, 0.2) is 12.4 Å². The molecule has 0 fully saturated rings. The van der Waals surface area contributed by atoms with Crippen molar-refractivity contribution in [2.75, 3.05) is 6.61 Å². The van der Waals surface area contributed by atoms with Crippen LogP contribution in [0, 0.1) is 29.1 Å². The van der Waals surface area contributed by atoms with Crippen LogP contribution in [-0.4, -0.2) is 12.6 Å². The van der Waals surface area contributed by atoms with Gasteiger partial charge in [-0.2, -0.15) is 22.0 Å². The van der Waals surface area contributed by atoms with Gasteiger partial charge in [0.25, 0.3) is 0 Å². The van der Waals surface area contributed by atoms with Crippen molar-refractivity contribution < 1.29 is 53.8 Å². The smallest absolute Gasteiger partial charge is 0.450 e. The van der Waals surface area contributed by atoms with Crippen LogP contribution in [0.25, 0.3) is 22.1 Å². The van der Waals surface area contributed by atoms with E-state index in [-0.39, 0.29) is 10.9 Å². The summed E-state index contributed by atoms with van der Waals surface area (Å²) < 4.78 is 123. The number of hydrogen-bond acceptors (Lipinski definition) is 5. The number of hydrogen-bond donors (Lipinski definition) is 0. The Kier molecular flexibility index (Phi) is 7.19. The molecular weight excluding hydrogens is 600 g/mol. The summed E-state index contributed by atoms with van der Waals surface area (Å²) in [5.41, 5.74) is -2.47. The first kappa shape index (κ1) is 27.1. The van der Waals surface area contributed by atoms with Crippen molar-refractivity contribution in [2.24, 2.45) is 0 Å². The Balaban J connectivity index is 1.64. The molecule has 0 radical (unpaired) electrons. The molecular formula is C24H9BrF8O5. The van der Waals surface area contributed by atoms with Crippen molar-refractivity contribution in [3.8, 4) is 22.6 Å². The summed E-state index contributed by atoms with van der Waals surface area (Å²) >= 11 is 3.14. The third-order valence-corrected chi connectivity index (χ3v) is 5.52. The van der Waals surface area contributed by atoms with Crippen molar-refractivity contribution in [3.63, 3.8) is 0 Å². The molecule has 4 aromatic rings. The fourth-order valence-electron chi connectivity index (χ4n) is 3.32. The molecule has 0 aliphatic carbocycles. The molecule has 4 rings (SSSR count). The fourth-order valence-corrected chi connectivity index (χ4v) is 3.58. The van der Waals surface area contributed by atoms with Crippen LogP contribution >= 0.6 is 15.9 Å². The number of fused-ring (bicyclic) bond motifs is 1. The lowest BCUT2D eigenvalue weighted by Gasteiger charge is -2.13. The van der Waals surface area contributed by atoms with Gasteiger partial charge in [-0.25, -0.2) is 18.0 Å². The topological polar surface area (TPSA) is 65.7 Å². The van der Waals surface area contributed by atoms with Gasteiger partial charge in [-0.3, -0.25) is 4.79 Å². The van der Waals surface area contributed by atoms with E-state index < -0.39 is 81.7 Å². The summed E-state index contributed by atoms with van der Waals surface area (Å²) in [6.07, 6.45) is -5.09. The highest BCUT2D eigenvalue weighted by molar-refractivity contribution is 9.10. The average Bonchev–Trinajstić information content (AvgIpc) is 2.86. The second kappa shape index (κ2) is 10.1. The number of ether oxygens (including phenoxy) is 2. The normalized spacial score (nSPS) is 11.6. The summed E-state index contributed by atoms with van der Waals surface area (Å²) in [7, 11) is 0. The van der Waals surface area contributed by atoms with Crippen LogP contribution in [0.15, 0.2) is 56.1 Å². The molecule has 0 N–H and O–H groups in total. The molecule has 3 aromatic carbocycles. The van der Waals surface area contributed by atoms with Gasteiger partial charge in [0, 0.05) is 10.5 Å². The molecule has 14 heteroatoms. The summed E-state index contributed by atoms with van der Waals surface area (Å²) in [4.78, 5) is 25.0. The van der Waals surface area contributed by atoms with Crippen molar-refractivity contribution >= 4 is 32.9 Å². The van der Waals surface area contributed by atoms with Crippen LogP contribution in [-0.2, 0) is 11.0 Å². The van der Waals surface area contributed by atoms with Crippen LogP contribution in [0.1, 0.15) is 5.76 Å². The summed E-state index contributed by atoms with van der Waals surface area (Å²) in [5, 5.41) is -0.298. The van der Waals surface area contributed by atoms with E-state index in [0.717, 1.165) is 18.2 Å². The maximum Gasteiger partial charge on any atom is 0.450 e. The molecule has 0 unspecified atom stereocenters. The molecule has 0 saturated carbocycles. The van der Waals surface area contributed by atoms with E-state index in [1.807, 2.05) is 0 Å². The fraction of sp³-hybridized carbons (Fsp3) is 0.0833. The Labute approximate surface area is 214 Å². The predicted octanol–water partition coefficient (Wildman–Crippen LogP) is 6.92. The van der Waals surface area contributed by atoms with E-state index in [4.69, 9.17) is 9.15 Å². The standard InChI is InChI=1S/C24H9BrF8O5/c25-10-3-1-9(2-4-10)15-21(35)12-6-5-11(7-13(12)38-23(15)24(31,32)33)37-14(34)8-36-22-19(29)17(27)16(26)18(28)20(22)30/h1-7H,8H2. The monoisotopic (exact) mass is 608 g/mol. The minimum Gasteiger partial charge on any atom is -0.476 e. The zero-order chi connectivity index (χ0) is 27.9. The van der Waals surface area contributed by atoms with Crippen molar-refractivity contribution in [3.05, 3.63) is 92.0 Å². The van der Waals surface area contributed by atoms with Crippen LogP contribution in [0.4, 0.5) is 35.1 Å². The zero-order valence-electron chi connectivity index (χ0n) is 18.2. The Morgan fingerprint density at radius 2 is 1.45 bits per heavy atom. The third-order valence-electron chi connectivity index (χ3n) is 4.99. The van der Waals surface area contributed by atoms with E-state index in [2.05, 4.69) is 20.7 Å². The highest BCUT2D eigenvalue weighted by atomic mass is 79.9. The van der Waals surface area contributed by atoms with Crippen molar-refractivity contribution in [2.45, 2.75) is 6.18 Å². The minimum absolute atomic E-state index is 0.0723. The first-order valence-electron chi connectivity index (χ1n) is 10.1. The molecule has 0 spiro atoms. The Hall–Kier alpha value is -3.94. The van der Waals surface area contributed by atoms with Gasteiger partial charge in [-0.15, -0.1) is 0 Å². The second-order valence-electron chi connectivity index (χ2n) is 7.46. The van der Waals surface area contributed by atoms with Crippen molar-refractivity contribution in [1.29, 1.82) is 0 Å². The molecule has 0 aliphatic heterocycles. The van der Waals surface area contributed by atoms with Crippen LogP contribution in [0.3, 0.4) is 0 Å².